The monoisotopic (exact) mass is 279 g/mol. The molecule has 17 heavy (non-hydrogen) atoms. The maximum absolute atomic E-state index is 12.0. The van der Waals surface area contributed by atoms with Crippen LogP contribution >= 0.6 is 11.6 Å². The number of nitrogens with one attached hydrogen (secondary N) is 1. The molecular weight excluding hydrogens is 266 g/mol. The number of hydrogen-bond acceptors (Lipinski definition) is 4. The molecule has 0 radical (unpaired) electrons. The first-order valence-corrected chi connectivity index (χ1v) is 7.08. The average molecular weight is 280 g/mol. The SMILES string of the molecule is CC1OCCC1NS(=O)(=O)c1ncn(C)c1Cl. The van der Waals surface area contributed by atoms with E-state index in [1.165, 1.54) is 10.9 Å². The van der Waals surface area contributed by atoms with E-state index in [4.69, 9.17) is 16.3 Å². The van der Waals surface area contributed by atoms with Gasteiger partial charge in [0, 0.05) is 13.7 Å². The van der Waals surface area contributed by atoms with Crippen molar-refractivity contribution < 1.29 is 13.2 Å². The second kappa shape index (κ2) is 4.56. The number of aromatic nitrogens is 2. The standard InChI is InChI=1S/C9H14ClN3O3S/c1-6-7(3-4-16-6)12-17(14,15)9-8(10)13(2)5-11-9/h5-7,12H,3-4H2,1-2H3. The third-order valence-corrected chi connectivity index (χ3v) is 4.75. The summed E-state index contributed by atoms with van der Waals surface area (Å²) in [6.45, 7) is 2.39. The van der Waals surface area contributed by atoms with Crippen LogP contribution < -0.4 is 4.72 Å². The van der Waals surface area contributed by atoms with Crippen LogP contribution in [0, 0.1) is 0 Å². The smallest absolute Gasteiger partial charge is 0.261 e. The Kier molecular flexibility index (Phi) is 3.44. The molecule has 96 valence electrons. The van der Waals surface area contributed by atoms with E-state index in [1.807, 2.05) is 6.92 Å². The number of sulfonamides is 1. The van der Waals surface area contributed by atoms with Gasteiger partial charge in [-0.2, -0.15) is 0 Å². The second-order valence-corrected chi connectivity index (χ2v) is 6.03. The van der Waals surface area contributed by atoms with Gasteiger partial charge in [0.15, 0.2) is 0 Å². The lowest BCUT2D eigenvalue weighted by Gasteiger charge is -2.15. The van der Waals surface area contributed by atoms with Crippen molar-refractivity contribution in [2.45, 2.75) is 30.5 Å². The lowest BCUT2D eigenvalue weighted by Crippen LogP contribution is -2.39. The number of rotatable bonds is 3. The van der Waals surface area contributed by atoms with Gasteiger partial charge in [-0.1, -0.05) is 11.6 Å². The van der Waals surface area contributed by atoms with E-state index in [0.717, 1.165) is 0 Å². The zero-order valence-electron chi connectivity index (χ0n) is 9.55. The summed E-state index contributed by atoms with van der Waals surface area (Å²) in [6.07, 6.45) is 1.89. The van der Waals surface area contributed by atoms with Gasteiger partial charge in [-0.15, -0.1) is 0 Å². The molecule has 1 fully saturated rings. The summed E-state index contributed by atoms with van der Waals surface area (Å²) in [7, 11) is -2.05. The average Bonchev–Trinajstić information content (AvgIpc) is 2.76. The molecule has 2 heterocycles. The maximum Gasteiger partial charge on any atom is 0.261 e. The predicted molar refractivity (Wildman–Crippen MR) is 62.4 cm³/mol. The molecule has 8 heteroatoms. The fourth-order valence-corrected chi connectivity index (χ4v) is 3.48. The Hall–Kier alpha value is -0.630. The lowest BCUT2D eigenvalue weighted by atomic mass is 10.2. The van der Waals surface area contributed by atoms with Gasteiger partial charge in [0.1, 0.15) is 5.15 Å². The van der Waals surface area contributed by atoms with E-state index in [1.54, 1.807) is 7.05 Å². The molecule has 1 aromatic heterocycles. The van der Waals surface area contributed by atoms with Crippen molar-refractivity contribution in [1.29, 1.82) is 0 Å². The molecule has 2 rings (SSSR count). The fraction of sp³-hybridized carbons (Fsp3) is 0.667. The first-order chi connectivity index (χ1) is 7.92. The summed E-state index contributed by atoms with van der Waals surface area (Å²) < 4.78 is 33.4. The summed E-state index contributed by atoms with van der Waals surface area (Å²) in [5.74, 6) is 0. The molecule has 1 aromatic rings. The Labute approximate surface area is 105 Å². The van der Waals surface area contributed by atoms with E-state index < -0.39 is 10.0 Å². The van der Waals surface area contributed by atoms with Gasteiger partial charge >= 0.3 is 0 Å². The lowest BCUT2D eigenvalue weighted by molar-refractivity contribution is 0.117. The van der Waals surface area contributed by atoms with E-state index in [0.29, 0.717) is 13.0 Å². The molecule has 1 aliphatic heterocycles. The van der Waals surface area contributed by atoms with Crippen LogP contribution in [0.15, 0.2) is 11.4 Å². The first kappa shape index (κ1) is 12.8. The second-order valence-electron chi connectivity index (χ2n) is 4.04. The highest BCUT2D eigenvalue weighted by Crippen LogP contribution is 2.21. The number of aryl methyl sites for hydroxylation is 1. The number of nitrogens with zero attached hydrogens (tertiary/aromatic N) is 2. The normalized spacial score (nSPS) is 25.4. The quantitative estimate of drug-likeness (QED) is 0.876. The minimum atomic E-state index is -3.68. The third kappa shape index (κ3) is 2.47. The minimum absolute atomic E-state index is 0.101. The molecule has 0 aromatic carbocycles. The van der Waals surface area contributed by atoms with Gasteiger partial charge in [-0.25, -0.2) is 18.1 Å². The minimum Gasteiger partial charge on any atom is -0.377 e. The van der Waals surface area contributed by atoms with Crippen LogP contribution in [0.1, 0.15) is 13.3 Å². The third-order valence-electron chi connectivity index (χ3n) is 2.77. The van der Waals surface area contributed by atoms with Gasteiger partial charge in [0.25, 0.3) is 10.0 Å². The van der Waals surface area contributed by atoms with Gasteiger partial charge in [-0.05, 0) is 13.3 Å². The Bertz CT molecular complexity index is 514. The molecule has 0 saturated carbocycles. The Balaban J connectivity index is 2.22. The van der Waals surface area contributed by atoms with Crippen LogP contribution in [0.25, 0.3) is 0 Å². The van der Waals surface area contributed by atoms with Crippen molar-refractivity contribution in [2.24, 2.45) is 7.05 Å². The highest BCUT2D eigenvalue weighted by molar-refractivity contribution is 7.89. The molecule has 2 atom stereocenters. The van der Waals surface area contributed by atoms with E-state index in [9.17, 15) is 8.42 Å². The molecule has 1 saturated heterocycles. The molecule has 0 spiro atoms. The van der Waals surface area contributed by atoms with Gasteiger partial charge in [0.2, 0.25) is 5.03 Å². The van der Waals surface area contributed by atoms with Crippen molar-refractivity contribution in [3.8, 4) is 0 Å². The summed E-state index contributed by atoms with van der Waals surface area (Å²) >= 11 is 5.87. The van der Waals surface area contributed by atoms with E-state index in [-0.39, 0.29) is 22.3 Å². The van der Waals surface area contributed by atoms with Crippen molar-refractivity contribution in [3.05, 3.63) is 11.5 Å². The molecule has 0 amide bonds. The molecular formula is C9H14ClN3O3S. The largest absolute Gasteiger partial charge is 0.377 e. The molecule has 1 aliphatic rings. The molecule has 2 unspecified atom stereocenters. The Morgan fingerprint density at radius 3 is 2.82 bits per heavy atom. The Morgan fingerprint density at radius 1 is 1.65 bits per heavy atom. The maximum atomic E-state index is 12.0. The van der Waals surface area contributed by atoms with Gasteiger partial charge in [0.05, 0.1) is 18.5 Å². The number of ether oxygens (including phenoxy) is 1. The number of halogens is 1. The van der Waals surface area contributed by atoms with Crippen LogP contribution in [0.4, 0.5) is 0 Å². The Morgan fingerprint density at radius 2 is 2.35 bits per heavy atom. The molecule has 0 bridgehead atoms. The van der Waals surface area contributed by atoms with Gasteiger partial charge in [-0.3, -0.25) is 0 Å². The van der Waals surface area contributed by atoms with Crippen LogP contribution in [0.2, 0.25) is 5.15 Å². The predicted octanol–water partition coefficient (Wildman–Crippen LogP) is 0.529. The zero-order chi connectivity index (χ0) is 12.6. The van der Waals surface area contributed by atoms with Crippen molar-refractivity contribution in [3.63, 3.8) is 0 Å². The van der Waals surface area contributed by atoms with Crippen LogP contribution in [-0.4, -0.2) is 36.7 Å². The molecule has 0 aliphatic carbocycles. The van der Waals surface area contributed by atoms with Crippen molar-refractivity contribution >= 4 is 21.6 Å². The van der Waals surface area contributed by atoms with Crippen molar-refractivity contribution in [2.75, 3.05) is 6.61 Å². The highest BCUT2D eigenvalue weighted by atomic mass is 35.5. The molecule has 6 nitrogen and oxygen atoms in total. The van der Waals surface area contributed by atoms with Crippen LogP contribution in [-0.2, 0) is 21.8 Å². The highest BCUT2D eigenvalue weighted by Gasteiger charge is 2.31. The van der Waals surface area contributed by atoms with E-state index in [2.05, 4.69) is 9.71 Å². The molecule has 1 N–H and O–H groups in total. The van der Waals surface area contributed by atoms with E-state index >= 15 is 0 Å². The number of hydrogen-bond donors (Lipinski definition) is 1. The summed E-state index contributed by atoms with van der Waals surface area (Å²) in [5, 5.41) is -0.0372. The van der Waals surface area contributed by atoms with Gasteiger partial charge < -0.3 is 9.30 Å². The summed E-state index contributed by atoms with van der Waals surface area (Å²) in [4.78, 5) is 3.79. The number of imidazole rings is 1. The summed E-state index contributed by atoms with van der Waals surface area (Å²) in [5.41, 5.74) is 0. The first-order valence-electron chi connectivity index (χ1n) is 5.22. The van der Waals surface area contributed by atoms with Crippen LogP contribution in [0.5, 0.6) is 0 Å². The summed E-state index contributed by atoms with van der Waals surface area (Å²) in [6, 6.07) is -0.224. The zero-order valence-corrected chi connectivity index (χ0v) is 11.1. The topological polar surface area (TPSA) is 73.2 Å². The van der Waals surface area contributed by atoms with Crippen molar-refractivity contribution in [1.82, 2.24) is 14.3 Å². The van der Waals surface area contributed by atoms with Crippen LogP contribution in [0.3, 0.4) is 0 Å². The fourth-order valence-electron chi connectivity index (χ4n) is 1.72.